The highest BCUT2D eigenvalue weighted by atomic mass is 32.1. The first-order chi connectivity index (χ1) is 9.24. The molecule has 1 aliphatic heterocycles. The normalized spacial score (nSPS) is 16.8. The molecule has 1 atom stereocenters. The van der Waals surface area contributed by atoms with Crippen LogP contribution in [0.15, 0.2) is 35.8 Å². The summed E-state index contributed by atoms with van der Waals surface area (Å²) in [6.07, 6.45) is 1.75. The van der Waals surface area contributed by atoms with Gasteiger partial charge in [0, 0.05) is 23.7 Å². The van der Waals surface area contributed by atoms with Crippen LogP contribution >= 0.6 is 11.3 Å². The zero-order valence-electron chi connectivity index (χ0n) is 9.92. The van der Waals surface area contributed by atoms with Crippen LogP contribution in [0.3, 0.4) is 0 Å². The number of nitrogens with one attached hydrogen (secondary N) is 2. The molecule has 0 bridgehead atoms. The number of carbonyl (C=O) groups excluding carboxylic acids is 2. The Morgan fingerprint density at radius 3 is 3.05 bits per heavy atom. The van der Waals surface area contributed by atoms with Gasteiger partial charge in [0.1, 0.15) is 0 Å². The highest BCUT2D eigenvalue weighted by Gasteiger charge is 2.31. The van der Waals surface area contributed by atoms with Gasteiger partial charge in [0.05, 0.1) is 5.92 Å². The van der Waals surface area contributed by atoms with E-state index < -0.39 is 5.92 Å². The monoisotopic (exact) mass is 273 g/mol. The Morgan fingerprint density at radius 2 is 2.26 bits per heavy atom. The number of hydrogen-bond donors (Lipinski definition) is 2. The Balaban J connectivity index is 1.73. The summed E-state index contributed by atoms with van der Waals surface area (Å²) in [5, 5.41) is 7.81. The molecular weight excluding hydrogens is 262 g/mol. The third-order valence-electron chi connectivity index (χ3n) is 2.98. The fourth-order valence-corrected chi connectivity index (χ4v) is 2.66. The van der Waals surface area contributed by atoms with E-state index >= 15 is 0 Å². The van der Waals surface area contributed by atoms with Crippen molar-refractivity contribution in [2.75, 3.05) is 10.6 Å². The van der Waals surface area contributed by atoms with Crippen molar-refractivity contribution in [1.82, 2.24) is 4.98 Å². The fourth-order valence-electron chi connectivity index (χ4n) is 2.12. The van der Waals surface area contributed by atoms with Gasteiger partial charge in [-0.15, -0.1) is 11.3 Å². The van der Waals surface area contributed by atoms with Crippen LogP contribution in [0.4, 0.5) is 10.8 Å². The summed E-state index contributed by atoms with van der Waals surface area (Å²) in [6, 6.07) is 7.43. The van der Waals surface area contributed by atoms with E-state index in [4.69, 9.17) is 0 Å². The van der Waals surface area contributed by atoms with Gasteiger partial charge in [-0.25, -0.2) is 4.98 Å². The molecule has 1 aliphatic rings. The maximum absolute atomic E-state index is 11.9. The first kappa shape index (κ1) is 11.9. The molecule has 0 spiro atoms. The van der Waals surface area contributed by atoms with Crippen LogP contribution in [-0.2, 0) is 9.59 Å². The van der Waals surface area contributed by atoms with Gasteiger partial charge in [0.25, 0.3) is 0 Å². The summed E-state index contributed by atoms with van der Waals surface area (Å²) in [6.45, 7) is 0. The zero-order chi connectivity index (χ0) is 13.2. The number of nitrogens with zero attached hydrogens (tertiary/aromatic N) is 1. The molecule has 0 fully saturated rings. The molecule has 0 radical (unpaired) electrons. The summed E-state index contributed by atoms with van der Waals surface area (Å²) in [7, 11) is 0. The molecule has 0 aliphatic carbocycles. The molecule has 2 heterocycles. The average molecular weight is 273 g/mol. The molecule has 1 aromatic carbocycles. The molecule has 2 aromatic rings. The van der Waals surface area contributed by atoms with Crippen molar-refractivity contribution in [2.45, 2.75) is 12.3 Å². The van der Waals surface area contributed by atoms with E-state index in [9.17, 15) is 9.59 Å². The Labute approximate surface area is 113 Å². The minimum atomic E-state index is -0.420. The number of amides is 2. The van der Waals surface area contributed by atoms with Crippen molar-refractivity contribution in [2.24, 2.45) is 0 Å². The summed E-state index contributed by atoms with van der Waals surface area (Å²) >= 11 is 1.35. The lowest BCUT2D eigenvalue weighted by Crippen LogP contribution is -2.20. The maximum Gasteiger partial charge on any atom is 0.232 e. The first-order valence-electron chi connectivity index (χ1n) is 5.83. The summed E-state index contributed by atoms with van der Waals surface area (Å²) in [5.74, 6) is -0.751. The number of aromatic nitrogens is 1. The quantitative estimate of drug-likeness (QED) is 0.900. The van der Waals surface area contributed by atoms with Crippen LogP contribution in [0.25, 0.3) is 0 Å². The average Bonchev–Trinajstić information content (AvgIpc) is 2.99. The molecule has 3 rings (SSSR count). The Morgan fingerprint density at radius 1 is 1.42 bits per heavy atom. The number of benzene rings is 1. The van der Waals surface area contributed by atoms with Gasteiger partial charge in [-0.3, -0.25) is 9.59 Å². The van der Waals surface area contributed by atoms with Crippen LogP contribution in [0, 0.1) is 0 Å². The predicted molar refractivity (Wildman–Crippen MR) is 73.2 cm³/mol. The molecular formula is C13H11N3O2S. The fraction of sp³-hybridized carbons (Fsp3) is 0.154. The van der Waals surface area contributed by atoms with Crippen LogP contribution in [0.1, 0.15) is 17.9 Å². The van der Waals surface area contributed by atoms with E-state index in [0.717, 1.165) is 11.3 Å². The lowest BCUT2D eigenvalue weighted by molar-refractivity contribution is -0.122. The van der Waals surface area contributed by atoms with E-state index in [1.807, 2.05) is 24.3 Å². The van der Waals surface area contributed by atoms with E-state index in [-0.39, 0.29) is 18.2 Å². The number of thiazole rings is 1. The standard InChI is InChI=1S/C13H11N3O2S/c17-11(16-13-14-5-6-19-13)7-9-8-3-1-2-4-10(8)15-12(9)18/h1-6,9H,7H2,(H,15,18)(H,14,16,17). The number of anilines is 2. The number of carbonyl (C=O) groups is 2. The SMILES string of the molecule is O=C(CC1C(=O)Nc2ccccc21)Nc1nccs1. The number of fused-ring (bicyclic) bond motifs is 1. The van der Waals surface area contributed by atoms with Crippen molar-refractivity contribution in [3.8, 4) is 0 Å². The minimum Gasteiger partial charge on any atom is -0.325 e. The van der Waals surface area contributed by atoms with Crippen molar-refractivity contribution in [3.05, 3.63) is 41.4 Å². The van der Waals surface area contributed by atoms with E-state index in [2.05, 4.69) is 15.6 Å². The van der Waals surface area contributed by atoms with Crippen molar-refractivity contribution >= 4 is 34.0 Å². The smallest absolute Gasteiger partial charge is 0.232 e. The minimum absolute atomic E-state index is 0.127. The second-order valence-corrected chi connectivity index (χ2v) is 5.11. The third-order valence-corrected chi connectivity index (χ3v) is 3.67. The van der Waals surface area contributed by atoms with Crippen LogP contribution in [0.5, 0.6) is 0 Å². The molecule has 1 aromatic heterocycles. The second-order valence-electron chi connectivity index (χ2n) is 4.22. The van der Waals surface area contributed by atoms with Gasteiger partial charge in [0.2, 0.25) is 11.8 Å². The second kappa shape index (κ2) is 4.81. The molecule has 2 amide bonds. The van der Waals surface area contributed by atoms with E-state index in [1.165, 1.54) is 11.3 Å². The van der Waals surface area contributed by atoms with Crippen molar-refractivity contribution in [3.63, 3.8) is 0 Å². The summed E-state index contributed by atoms with van der Waals surface area (Å²) in [5.41, 5.74) is 1.67. The third kappa shape index (κ3) is 2.34. The van der Waals surface area contributed by atoms with Crippen molar-refractivity contribution in [1.29, 1.82) is 0 Å². The molecule has 2 N–H and O–H groups in total. The Hall–Kier alpha value is -2.21. The van der Waals surface area contributed by atoms with Gasteiger partial charge in [-0.2, -0.15) is 0 Å². The predicted octanol–water partition coefficient (Wildman–Crippen LogP) is 2.21. The molecule has 5 nitrogen and oxygen atoms in total. The highest BCUT2D eigenvalue weighted by Crippen LogP contribution is 2.34. The van der Waals surface area contributed by atoms with Gasteiger partial charge < -0.3 is 10.6 Å². The zero-order valence-corrected chi connectivity index (χ0v) is 10.7. The largest absolute Gasteiger partial charge is 0.325 e. The van der Waals surface area contributed by atoms with Gasteiger partial charge in [0.15, 0.2) is 5.13 Å². The molecule has 1 unspecified atom stereocenters. The van der Waals surface area contributed by atoms with Gasteiger partial charge in [-0.05, 0) is 11.6 Å². The Kier molecular flexibility index (Phi) is 3.00. The number of para-hydroxylation sites is 1. The molecule has 0 saturated carbocycles. The number of hydrogen-bond acceptors (Lipinski definition) is 4. The lowest BCUT2D eigenvalue weighted by Gasteiger charge is -2.07. The highest BCUT2D eigenvalue weighted by molar-refractivity contribution is 7.13. The first-order valence-corrected chi connectivity index (χ1v) is 6.71. The van der Waals surface area contributed by atoms with Crippen LogP contribution in [-0.4, -0.2) is 16.8 Å². The van der Waals surface area contributed by atoms with Crippen LogP contribution in [0.2, 0.25) is 0 Å². The number of rotatable bonds is 3. The maximum atomic E-state index is 11.9. The van der Waals surface area contributed by atoms with E-state index in [0.29, 0.717) is 5.13 Å². The van der Waals surface area contributed by atoms with E-state index in [1.54, 1.807) is 11.6 Å². The van der Waals surface area contributed by atoms with Crippen LogP contribution < -0.4 is 10.6 Å². The molecule has 6 heteroatoms. The van der Waals surface area contributed by atoms with Gasteiger partial charge >= 0.3 is 0 Å². The van der Waals surface area contributed by atoms with Gasteiger partial charge in [-0.1, -0.05) is 18.2 Å². The Bertz CT molecular complexity index is 625. The lowest BCUT2D eigenvalue weighted by atomic mass is 9.97. The molecule has 0 saturated heterocycles. The summed E-state index contributed by atoms with van der Waals surface area (Å²) < 4.78 is 0. The molecule has 19 heavy (non-hydrogen) atoms. The topological polar surface area (TPSA) is 71.1 Å². The molecule has 96 valence electrons. The van der Waals surface area contributed by atoms with Crippen molar-refractivity contribution < 1.29 is 9.59 Å². The summed E-state index contributed by atoms with van der Waals surface area (Å²) in [4.78, 5) is 27.7.